The van der Waals surface area contributed by atoms with Crippen LogP contribution in [0.25, 0.3) is 5.32 Å². The zero-order valence-corrected chi connectivity index (χ0v) is 4.98. The molecule has 0 saturated heterocycles. The molecule has 0 unspecified atom stereocenters. The van der Waals surface area contributed by atoms with Crippen LogP contribution in [0, 0.1) is 14.0 Å². The maximum Gasteiger partial charge on any atom is 3.00 e. The molecule has 0 radical (unpaired) electrons. The van der Waals surface area contributed by atoms with Gasteiger partial charge < -0.3 is 25.5 Å². The smallest absolute Gasteiger partial charge is 0.723 e. The first-order valence-electron chi connectivity index (χ1n) is 1.04. The van der Waals surface area contributed by atoms with Gasteiger partial charge in [0.15, 0.2) is 0 Å². The number of nitrogens with zero attached hydrogens (tertiary/aromatic N) is 1. The van der Waals surface area contributed by atoms with Crippen molar-refractivity contribution in [3.63, 3.8) is 0 Å². The molecule has 2 heteroatoms. The van der Waals surface area contributed by atoms with Crippen molar-refractivity contribution in [2.24, 2.45) is 0 Å². The second-order valence-electron chi connectivity index (χ2n) is 0.407. The van der Waals surface area contributed by atoms with Crippen molar-refractivity contribution in [3.8, 4) is 0 Å². The molecular formula is C4H8CoN. The Hall–Kier alpha value is 0.0465. The van der Waals surface area contributed by atoms with Gasteiger partial charge >= 0.3 is 16.8 Å². The molecule has 1 nitrogen and oxygen atoms in total. The topological polar surface area (TPSA) is 14.1 Å². The maximum atomic E-state index is 4.74. The summed E-state index contributed by atoms with van der Waals surface area (Å²) in [5, 5.41) is 3.39. The van der Waals surface area contributed by atoms with Gasteiger partial charge in [-0.05, 0) is 0 Å². The summed E-state index contributed by atoms with van der Waals surface area (Å²) in [6, 6.07) is 0. The van der Waals surface area contributed by atoms with Crippen LogP contribution in [0.4, 0.5) is 0 Å². The summed E-state index contributed by atoms with van der Waals surface area (Å²) in [4.78, 5) is 0. The molecule has 0 heterocycles. The fraction of sp³-hybridized carbons (Fsp3) is 0.250. The van der Waals surface area contributed by atoms with Crippen molar-refractivity contribution in [2.45, 2.75) is 0 Å². The first-order chi connectivity index (χ1) is 1.91. The van der Waals surface area contributed by atoms with Crippen LogP contribution in [-0.4, -0.2) is 7.05 Å². The Labute approximate surface area is 50.0 Å². The van der Waals surface area contributed by atoms with E-state index in [1.807, 2.05) is 0 Å². The molecule has 0 aromatic heterocycles. The minimum absolute atomic E-state index is 0. The van der Waals surface area contributed by atoms with Gasteiger partial charge in [0.25, 0.3) is 0 Å². The molecular weight excluding hydrogens is 121 g/mol. The minimum atomic E-state index is 0. The van der Waals surface area contributed by atoms with Crippen molar-refractivity contribution in [3.05, 3.63) is 25.5 Å². The van der Waals surface area contributed by atoms with E-state index in [9.17, 15) is 0 Å². The number of hydrogen-bond acceptors (Lipinski definition) is 0. The SMILES string of the molecule is [CH-]=C[N-]C.[CH3-].[Co+3]. The summed E-state index contributed by atoms with van der Waals surface area (Å²) in [5.74, 6) is 0. The molecule has 0 atom stereocenters. The third-order valence-corrected chi connectivity index (χ3v) is 0.149. The Morgan fingerprint density at radius 3 is 1.83 bits per heavy atom. The molecule has 6 heavy (non-hydrogen) atoms. The third-order valence-electron chi connectivity index (χ3n) is 0.149. The van der Waals surface area contributed by atoms with E-state index < -0.39 is 0 Å². The van der Waals surface area contributed by atoms with Crippen molar-refractivity contribution < 1.29 is 16.8 Å². The van der Waals surface area contributed by atoms with Gasteiger partial charge in [-0.1, -0.05) is 0 Å². The average molecular weight is 129 g/mol. The van der Waals surface area contributed by atoms with E-state index in [1.165, 1.54) is 6.20 Å². The van der Waals surface area contributed by atoms with Gasteiger partial charge in [0.1, 0.15) is 0 Å². The summed E-state index contributed by atoms with van der Waals surface area (Å²) in [5.41, 5.74) is 0. The molecule has 0 aromatic carbocycles. The van der Waals surface area contributed by atoms with Crippen LogP contribution in [0.5, 0.6) is 0 Å². The van der Waals surface area contributed by atoms with E-state index >= 15 is 0 Å². The van der Waals surface area contributed by atoms with Gasteiger partial charge in [-0.25, -0.2) is 0 Å². The summed E-state index contributed by atoms with van der Waals surface area (Å²) < 4.78 is 0. The second kappa shape index (κ2) is 19.7. The second-order valence-corrected chi connectivity index (χ2v) is 0.407. The van der Waals surface area contributed by atoms with Crippen LogP contribution in [0.2, 0.25) is 0 Å². The van der Waals surface area contributed by atoms with Crippen LogP contribution in [0.15, 0.2) is 6.20 Å². The van der Waals surface area contributed by atoms with E-state index in [4.69, 9.17) is 6.58 Å². The molecule has 0 aliphatic rings. The van der Waals surface area contributed by atoms with E-state index in [0.29, 0.717) is 0 Å². The Kier molecular flexibility index (Phi) is 54.6. The third kappa shape index (κ3) is 34.3. The summed E-state index contributed by atoms with van der Waals surface area (Å²) >= 11 is 0. The predicted molar refractivity (Wildman–Crippen MR) is 24.6 cm³/mol. The molecule has 0 spiro atoms. The van der Waals surface area contributed by atoms with Crippen LogP contribution >= 0.6 is 0 Å². The van der Waals surface area contributed by atoms with Gasteiger partial charge in [0.2, 0.25) is 0 Å². The van der Waals surface area contributed by atoms with Crippen molar-refractivity contribution in [1.82, 2.24) is 0 Å². The Morgan fingerprint density at radius 1 is 1.67 bits per heavy atom. The molecule has 0 amide bonds. The van der Waals surface area contributed by atoms with E-state index in [-0.39, 0.29) is 24.2 Å². The first kappa shape index (κ1) is 16.6. The summed E-state index contributed by atoms with van der Waals surface area (Å²) in [6.07, 6.45) is 1.25. The number of rotatable bonds is 1. The van der Waals surface area contributed by atoms with Crippen LogP contribution in [-0.2, 0) is 16.8 Å². The Bertz CT molecular complexity index is 21.5. The first-order valence-corrected chi connectivity index (χ1v) is 1.04. The predicted octanol–water partition coefficient (Wildman–Crippen LogP) is 1.38. The van der Waals surface area contributed by atoms with Gasteiger partial charge in [-0.2, -0.15) is 0 Å². The van der Waals surface area contributed by atoms with Crippen molar-refractivity contribution >= 4 is 0 Å². The van der Waals surface area contributed by atoms with Crippen LogP contribution in [0.1, 0.15) is 0 Å². The van der Waals surface area contributed by atoms with Crippen LogP contribution in [0.3, 0.4) is 0 Å². The zero-order valence-electron chi connectivity index (χ0n) is 3.94. The Morgan fingerprint density at radius 2 is 1.83 bits per heavy atom. The molecule has 0 saturated carbocycles. The monoisotopic (exact) mass is 129 g/mol. The van der Waals surface area contributed by atoms with E-state index in [0.717, 1.165) is 0 Å². The van der Waals surface area contributed by atoms with Gasteiger partial charge in [0, 0.05) is 0 Å². The molecule has 38 valence electrons. The fourth-order valence-corrected chi connectivity index (χ4v) is 0. The quantitative estimate of drug-likeness (QED) is 0.475. The Balaban J connectivity index is -0.0000000450. The van der Waals surface area contributed by atoms with Crippen LogP contribution < -0.4 is 0 Å². The molecule has 0 bridgehead atoms. The minimum Gasteiger partial charge on any atom is -0.723 e. The maximum absolute atomic E-state index is 4.74. The average Bonchev–Trinajstić information content (AvgIpc) is 1.37. The molecule has 0 aliphatic heterocycles. The normalized spacial score (nSPS) is 3.50. The standard InChI is InChI=1S/C3H5N.CH3.Co/c1-3-4-2;;/h1,3H,2H3;1H3;/q-2;-1;+3. The molecule has 0 rings (SSSR count). The van der Waals surface area contributed by atoms with Crippen molar-refractivity contribution in [1.29, 1.82) is 0 Å². The largest absolute Gasteiger partial charge is 3.00 e. The van der Waals surface area contributed by atoms with Gasteiger partial charge in [-0.15, -0.1) is 7.05 Å². The van der Waals surface area contributed by atoms with Gasteiger partial charge in [0.05, 0.1) is 0 Å². The molecule has 0 aromatic rings. The zero-order chi connectivity index (χ0) is 3.41. The van der Waals surface area contributed by atoms with E-state index in [2.05, 4.69) is 5.32 Å². The van der Waals surface area contributed by atoms with Gasteiger partial charge in [-0.3, -0.25) is 0 Å². The van der Waals surface area contributed by atoms with Crippen molar-refractivity contribution in [2.75, 3.05) is 7.05 Å². The molecule has 0 fully saturated rings. The van der Waals surface area contributed by atoms with E-state index in [1.54, 1.807) is 7.05 Å². The fourth-order valence-electron chi connectivity index (χ4n) is 0. The molecule has 0 aliphatic carbocycles. The molecule has 0 N–H and O–H groups in total. The summed E-state index contributed by atoms with van der Waals surface area (Å²) in [7, 11) is 1.62. The summed E-state index contributed by atoms with van der Waals surface area (Å²) in [6.45, 7) is 4.74. The number of hydrogen-bond donors (Lipinski definition) is 0.